The van der Waals surface area contributed by atoms with Gasteiger partial charge >= 0.3 is 11.8 Å². The molecule has 0 aliphatic rings. The summed E-state index contributed by atoms with van der Waals surface area (Å²) in [6.07, 6.45) is 0.800. The molecule has 3 aromatic rings. The van der Waals surface area contributed by atoms with Crippen LogP contribution in [-0.2, 0) is 16.1 Å². The molecule has 0 saturated carbocycles. The first-order valence-corrected chi connectivity index (χ1v) is 9.26. The zero-order valence-corrected chi connectivity index (χ0v) is 16.1. The van der Waals surface area contributed by atoms with Crippen molar-refractivity contribution in [1.29, 1.82) is 0 Å². The lowest BCUT2D eigenvalue weighted by atomic mass is 10.1. The van der Waals surface area contributed by atoms with Crippen LogP contribution >= 0.6 is 0 Å². The molecule has 2 aromatic carbocycles. The molecule has 0 unspecified atom stereocenters. The Balaban J connectivity index is 1.75. The van der Waals surface area contributed by atoms with Gasteiger partial charge in [0, 0.05) is 40.6 Å². The van der Waals surface area contributed by atoms with E-state index >= 15 is 0 Å². The van der Waals surface area contributed by atoms with Crippen molar-refractivity contribution >= 4 is 39.3 Å². The number of carbonyl (C=O) groups excluding carboxylic acids is 2. The highest BCUT2D eigenvalue weighted by Crippen LogP contribution is 2.30. The largest absolute Gasteiger partial charge is 0.348 e. The molecule has 0 fully saturated rings. The summed E-state index contributed by atoms with van der Waals surface area (Å²) in [5.74, 6) is -1.25. The maximum atomic E-state index is 12.2. The van der Waals surface area contributed by atoms with Crippen molar-refractivity contribution in [1.82, 2.24) is 14.8 Å². The maximum absolute atomic E-state index is 12.2. The van der Waals surface area contributed by atoms with Gasteiger partial charge in [-0.05, 0) is 58.3 Å². The molecule has 2 amide bonds. The lowest BCUT2D eigenvalue weighted by molar-refractivity contribution is -0.136. The summed E-state index contributed by atoms with van der Waals surface area (Å²) >= 11 is 0. The van der Waals surface area contributed by atoms with Gasteiger partial charge in [0.2, 0.25) is 0 Å². The Hall–Kier alpha value is -2.86. The molecule has 27 heavy (non-hydrogen) atoms. The molecule has 0 bridgehead atoms. The van der Waals surface area contributed by atoms with Crippen LogP contribution < -0.4 is 10.6 Å². The molecule has 2 N–H and O–H groups in total. The van der Waals surface area contributed by atoms with Gasteiger partial charge in [-0.2, -0.15) is 0 Å². The van der Waals surface area contributed by atoms with Gasteiger partial charge in [0.05, 0.1) is 0 Å². The minimum atomic E-state index is -0.640. The average Bonchev–Trinajstić information content (AvgIpc) is 2.98. The summed E-state index contributed by atoms with van der Waals surface area (Å²) in [5.41, 5.74) is 2.90. The van der Waals surface area contributed by atoms with E-state index in [-0.39, 0.29) is 0 Å². The Kier molecular flexibility index (Phi) is 5.76. The molecule has 0 atom stereocenters. The highest BCUT2D eigenvalue weighted by atomic mass is 16.2. The molecule has 0 saturated heterocycles. The van der Waals surface area contributed by atoms with E-state index in [2.05, 4.69) is 34.3 Å². The number of hydrogen-bond acceptors (Lipinski definition) is 3. The fraction of sp³-hybridized carbons (Fsp3) is 0.333. The highest BCUT2D eigenvalue weighted by Gasteiger charge is 2.15. The van der Waals surface area contributed by atoms with Gasteiger partial charge in [-0.3, -0.25) is 9.59 Å². The molecule has 6 nitrogen and oxygen atoms in total. The van der Waals surface area contributed by atoms with Crippen molar-refractivity contribution < 1.29 is 9.59 Å². The highest BCUT2D eigenvalue weighted by molar-refractivity contribution is 6.39. The second-order valence-corrected chi connectivity index (χ2v) is 6.86. The normalized spacial score (nSPS) is 11.3. The molecule has 0 aliphatic carbocycles. The number of aryl methyl sites for hydroxylation is 1. The average molecular weight is 366 g/mol. The number of para-hydroxylation sites is 1. The minimum Gasteiger partial charge on any atom is -0.348 e. The Morgan fingerprint density at radius 2 is 1.74 bits per heavy atom. The van der Waals surface area contributed by atoms with Gasteiger partial charge < -0.3 is 20.1 Å². The van der Waals surface area contributed by atoms with Crippen molar-refractivity contribution in [3.8, 4) is 0 Å². The smallest absolute Gasteiger partial charge is 0.313 e. The number of anilines is 1. The second kappa shape index (κ2) is 8.22. The summed E-state index contributed by atoms with van der Waals surface area (Å²) < 4.78 is 2.24. The third-order valence-corrected chi connectivity index (χ3v) is 4.62. The van der Waals surface area contributed by atoms with Gasteiger partial charge in [0.15, 0.2) is 0 Å². The molecular weight excluding hydrogens is 340 g/mol. The lowest BCUT2D eigenvalue weighted by Crippen LogP contribution is -2.36. The van der Waals surface area contributed by atoms with Crippen LogP contribution in [0.5, 0.6) is 0 Å². The summed E-state index contributed by atoms with van der Waals surface area (Å²) in [4.78, 5) is 26.2. The first-order valence-electron chi connectivity index (χ1n) is 9.26. The Bertz CT molecular complexity index is 975. The topological polar surface area (TPSA) is 66.4 Å². The van der Waals surface area contributed by atoms with Crippen LogP contribution in [0, 0.1) is 0 Å². The van der Waals surface area contributed by atoms with E-state index in [1.807, 2.05) is 49.3 Å². The van der Waals surface area contributed by atoms with E-state index in [4.69, 9.17) is 0 Å². The first kappa shape index (κ1) is 18.9. The number of carbonyl (C=O) groups is 2. The third-order valence-electron chi connectivity index (χ3n) is 4.62. The fourth-order valence-corrected chi connectivity index (χ4v) is 3.34. The molecule has 1 aromatic heterocycles. The maximum Gasteiger partial charge on any atom is 0.313 e. The molecule has 3 rings (SSSR count). The Morgan fingerprint density at radius 1 is 1.00 bits per heavy atom. The zero-order valence-electron chi connectivity index (χ0n) is 16.1. The summed E-state index contributed by atoms with van der Waals surface area (Å²) in [6, 6.07) is 14.0. The molecule has 142 valence electrons. The van der Waals surface area contributed by atoms with Gasteiger partial charge in [-0.1, -0.05) is 18.2 Å². The number of nitrogens with zero attached hydrogens (tertiary/aromatic N) is 2. The quantitative estimate of drug-likeness (QED) is 0.521. The number of rotatable bonds is 6. The second-order valence-electron chi connectivity index (χ2n) is 6.86. The first-order chi connectivity index (χ1) is 13.0. The molecule has 1 heterocycles. The monoisotopic (exact) mass is 366 g/mol. The van der Waals surface area contributed by atoms with Crippen LogP contribution in [0.25, 0.3) is 21.8 Å². The predicted molar refractivity (Wildman–Crippen MR) is 110 cm³/mol. The van der Waals surface area contributed by atoms with Gasteiger partial charge in [-0.25, -0.2) is 0 Å². The summed E-state index contributed by atoms with van der Waals surface area (Å²) in [7, 11) is 3.94. The van der Waals surface area contributed by atoms with Crippen molar-refractivity contribution in [2.75, 3.05) is 32.5 Å². The van der Waals surface area contributed by atoms with Crippen LogP contribution in [-0.4, -0.2) is 48.5 Å². The van der Waals surface area contributed by atoms with Gasteiger partial charge in [0.1, 0.15) is 0 Å². The molecule has 0 aliphatic heterocycles. The zero-order chi connectivity index (χ0) is 19.4. The Morgan fingerprint density at radius 3 is 2.48 bits per heavy atom. The van der Waals surface area contributed by atoms with Gasteiger partial charge in [-0.15, -0.1) is 0 Å². The van der Waals surface area contributed by atoms with E-state index in [1.54, 1.807) is 0 Å². The number of fused-ring (bicyclic) bond motifs is 3. The van der Waals surface area contributed by atoms with E-state index in [0.717, 1.165) is 41.3 Å². The third kappa shape index (κ3) is 4.11. The molecule has 0 radical (unpaired) electrons. The number of benzene rings is 2. The van der Waals surface area contributed by atoms with Crippen LogP contribution in [0.15, 0.2) is 42.5 Å². The number of amides is 2. The fourth-order valence-electron chi connectivity index (χ4n) is 3.34. The predicted octanol–water partition coefficient (Wildman–Crippen LogP) is 2.82. The van der Waals surface area contributed by atoms with E-state index in [0.29, 0.717) is 12.2 Å². The Labute approximate surface area is 159 Å². The molecular formula is C21H26N4O2. The SMILES string of the molecule is CCn1c2ccccc2c2cc(NC(=O)C(=O)NCCCN(C)C)ccc21. The number of aromatic nitrogens is 1. The van der Waals surface area contributed by atoms with Crippen LogP contribution in [0.4, 0.5) is 5.69 Å². The van der Waals surface area contributed by atoms with Crippen LogP contribution in [0.1, 0.15) is 13.3 Å². The summed E-state index contributed by atoms with van der Waals surface area (Å²) in [6.45, 7) is 4.32. The van der Waals surface area contributed by atoms with E-state index in [9.17, 15) is 9.59 Å². The summed E-state index contributed by atoms with van der Waals surface area (Å²) in [5, 5.41) is 7.57. The van der Waals surface area contributed by atoms with Crippen molar-refractivity contribution in [2.45, 2.75) is 19.9 Å². The van der Waals surface area contributed by atoms with E-state index < -0.39 is 11.8 Å². The standard InChI is InChI=1S/C21H26N4O2/c1-4-25-18-9-6-5-8-16(18)17-14-15(10-11-19(17)25)23-21(27)20(26)22-12-7-13-24(2)3/h5-6,8-11,14H,4,7,12-13H2,1-3H3,(H,22,26)(H,23,27). The van der Waals surface area contributed by atoms with Crippen LogP contribution in [0.3, 0.4) is 0 Å². The van der Waals surface area contributed by atoms with Crippen molar-refractivity contribution in [3.63, 3.8) is 0 Å². The van der Waals surface area contributed by atoms with Crippen LogP contribution in [0.2, 0.25) is 0 Å². The number of nitrogens with one attached hydrogen (secondary N) is 2. The molecule has 0 spiro atoms. The lowest BCUT2D eigenvalue weighted by Gasteiger charge is -2.10. The van der Waals surface area contributed by atoms with Crippen molar-refractivity contribution in [3.05, 3.63) is 42.5 Å². The van der Waals surface area contributed by atoms with Crippen molar-refractivity contribution in [2.24, 2.45) is 0 Å². The minimum absolute atomic E-state index is 0.480. The van der Waals surface area contributed by atoms with E-state index in [1.165, 1.54) is 0 Å². The number of hydrogen-bond donors (Lipinski definition) is 2. The molecule has 6 heteroatoms. The van der Waals surface area contributed by atoms with Gasteiger partial charge in [0.25, 0.3) is 0 Å².